The SMILES string of the molecule is Cc1ccccc1N/N=C/c1ccc(-c2ncn(-c3ccc(OC(F)(F)F)cc3)n2)cc1. The van der Waals surface area contributed by atoms with E-state index in [4.69, 9.17) is 0 Å². The van der Waals surface area contributed by atoms with Gasteiger partial charge < -0.3 is 4.74 Å². The number of aryl methyl sites for hydroxylation is 1. The van der Waals surface area contributed by atoms with Crippen LogP contribution in [0.15, 0.2) is 84.2 Å². The number of aromatic nitrogens is 3. The van der Waals surface area contributed by atoms with Gasteiger partial charge in [-0.1, -0.05) is 42.5 Å². The summed E-state index contributed by atoms with van der Waals surface area (Å²) in [6.07, 6.45) is -1.52. The van der Waals surface area contributed by atoms with Crippen LogP contribution < -0.4 is 10.2 Å². The van der Waals surface area contributed by atoms with E-state index < -0.39 is 6.36 Å². The Morgan fingerprint density at radius 3 is 2.38 bits per heavy atom. The number of rotatable bonds is 6. The van der Waals surface area contributed by atoms with Crippen LogP contribution in [-0.2, 0) is 0 Å². The van der Waals surface area contributed by atoms with Gasteiger partial charge in [-0.3, -0.25) is 5.43 Å². The van der Waals surface area contributed by atoms with Gasteiger partial charge >= 0.3 is 6.36 Å². The van der Waals surface area contributed by atoms with E-state index in [1.54, 1.807) is 6.21 Å². The first-order valence-corrected chi connectivity index (χ1v) is 9.60. The van der Waals surface area contributed by atoms with Crippen LogP contribution in [0, 0.1) is 6.92 Å². The van der Waals surface area contributed by atoms with Crippen molar-refractivity contribution in [2.24, 2.45) is 5.10 Å². The summed E-state index contributed by atoms with van der Waals surface area (Å²) in [5.41, 5.74) is 7.31. The molecule has 0 aliphatic carbocycles. The largest absolute Gasteiger partial charge is 0.573 e. The van der Waals surface area contributed by atoms with Gasteiger partial charge in [-0.25, -0.2) is 9.67 Å². The quantitative estimate of drug-likeness (QED) is 0.316. The minimum Gasteiger partial charge on any atom is -0.406 e. The second kappa shape index (κ2) is 8.93. The van der Waals surface area contributed by atoms with Gasteiger partial charge in [0.1, 0.15) is 12.1 Å². The zero-order chi connectivity index (χ0) is 22.6. The highest BCUT2D eigenvalue weighted by Gasteiger charge is 2.31. The average molecular weight is 437 g/mol. The molecule has 1 N–H and O–H groups in total. The third-order valence-electron chi connectivity index (χ3n) is 4.54. The van der Waals surface area contributed by atoms with Crippen LogP contribution in [0.1, 0.15) is 11.1 Å². The van der Waals surface area contributed by atoms with Crippen molar-refractivity contribution in [3.05, 3.63) is 90.3 Å². The molecule has 0 spiro atoms. The number of hydrazone groups is 1. The van der Waals surface area contributed by atoms with Crippen molar-refractivity contribution in [2.75, 3.05) is 5.43 Å². The van der Waals surface area contributed by atoms with Crippen LogP contribution >= 0.6 is 0 Å². The number of nitrogens with zero attached hydrogens (tertiary/aromatic N) is 4. The van der Waals surface area contributed by atoms with E-state index in [0.717, 1.165) is 22.4 Å². The Morgan fingerprint density at radius 2 is 1.69 bits per heavy atom. The fourth-order valence-electron chi connectivity index (χ4n) is 2.91. The fraction of sp³-hybridized carbons (Fsp3) is 0.0870. The van der Waals surface area contributed by atoms with Gasteiger partial charge in [-0.2, -0.15) is 5.10 Å². The van der Waals surface area contributed by atoms with E-state index in [1.807, 2.05) is 55.5 Å². The molecule has 0 saturated carbocycles. The summed E-state index contributed by atoms with van der Waals surface area (Å²) in [6.45, 7) is 2.00. The molecule has 1 aromatic heterocycles. The van der Waals surface area contributed by atoms with E-state index in [0.29, 0.717) is 11.5 Å². The maximum Gasteiger partial charge on any atom is 0.573 e. The van der Waals surface area contributed by atoms with Gasteiger partial charge in [0.25, 0.3) is 0 Å². The van der Waals surface area contributed by atoms with Gasteiger partial charge in [0.05, 0.1) is 17.6 Å². The van der Waals surface area contributed by atoms with E-state index in [2.05, 4.69) is 25.3 Å². The number of alkyl halides is 3. The lowest BCUT2D eigenvalue weighted by molar-refractivity contribution is -0.274. The number of nitrogens with one attached hydrogen (secondary N) is 1. The average Bonchev–Trinajstić information content (AvgIpc) is 3.25. The highest BCUT2D eigenvalue weighted by molar-refractivity contribution is 5.81. The third-order valence-corrected chi connectivity index (χ3v) is 4.54. The number of para-hydroxylation sites is 1. The molecular formula is C23H18F3N5O. The van der Waals surface area contributed by atoms with Crippen LogP contribution in [0.25, 0.3) is 17.1 Å². The van der Waals surface area contributed by atoms with Crippen molar-refractivity contribution < 1.29 is 17.9 Å². The predicted octanol–water partition coefficient (Wildman–Crippen LogP) is 5.59. The maximum atomic E-state index is 12.3. The van der Waals surface area contributed by atoms with Crippen molar-refractivity contribution in [3.63, 3.8) is 0 Å². The Morgan fingerprint density at radius 1 is 0.969 bits per heavy atom. The van der Waals surface area contributed by atoms with Gasteiger partial charge in [-0.15, -0.1) is 18.3 Å². The Kier molecular flexibility index (Phi) is 5.89. The molecule has 0 atom stereocenters. The number of hydrogen-bond acceptors (Lipinski definition) is 5. The van der Waals surface area contributed by atoms with Gasteiger partial charge in [-0.05, 0) is 48.4 Å². The lowest BCUT2D eigenvalue weighted by atomic mass is 10.1. The molecule has 3 aromatic carbocycles. The second-order valence-corrected chi connectivity index (χ2v) is 6.86. The first kappa shape index (κ1) is 21.1. The topological polar surface area (TPSA) is 64.3 Å². The molecule has 4 aromatic rings. The number of halogens is 3. The highest BCUT2D eigenvalue weighted by Crippen LogP contribution is 2.24. The monoisotopic (exact) mass is 437 g/mol. The molecule has 0 unspecified atom stereocenters. The Labute approximate surface area is 182 Å². The molecule has 0 bridgehead atoms. The van der Waals surface area contributed by atoms with Crippen molar-refractivity contribution in [2.45, 2.75) is 13.3 Å². The molecule has 1 heterocycles. The van der Waals surface area contributed by atoms with Crippen LogP contribution in [-0.4, -0.2) is 27.3 Å². The number of benzene rings is 3. The molecule has 32 heavy (non-hydrogen) atoms. The molecule has 0 aliphatic heterocycles. The van der Waals surface area contributed by atoms with Crippen molar-refractivity contribution in [1.82, 2.24) is 14.8 Å². The van der Waals surface area contributed by atoms with Crippen LogP contribution in [0.3, 0.4) is 0 Å². The van der Waals surface area contributed by atoms with Crippen molar-refractivity contribution >= 4 is 11.9 Å². The van der Waals surface area contributed by atoms with Crippen molar-refractivity contribution in [1.29, 1.82) is 0 Å². The molecule has 162 valence electrons. The lowest BCUT2D eigenvalue weighted by Gasteiger charge is -2.09. The molecule has 6 nitrogen and oxygen atoms in total. The standard InChI is InChI=1S/C23H18F3N5O/c1-16-4-2-3-5-21(16)29-28-14-17-6-8-18(9-7-17)22-27-15-31(30-22)19-10-12-20(13-11-19)32-23(24,25)26/h2-15,29H,1H3/b28-14+. The number of ether oxygens (including phenoxy) is 1. The maximum absolute atomic E-state index is 12.3. The first-order valence-electron chi connectivity index (χ1n) is 9.60. The zero-order valence-corrected chi connectivity index (χ0v) is 16.9. The summed E-state index contributed by atoms with van der Waals surface area (Å²) in [4.78, 5) is 4.28. The van der Waals surface area contributed by atoms with Crippen LogP contribution in [0.5, 0.6) is 5.75 Å². The first-order chi connectivity index (χ1) is 15.4. The summed E-state index contributed by atoms with van der Waals surface area (Å²) in [5, 5.41) is 8.65. The molecule has 0 aliphatic rings. The molecule has 9 heteroatoms. The second-order valence-electron chi connectivity index (χ2n) is 6.86. The fourth-order valence-corrected chi connectivity index (χ4v) is 2.91. The minimum atomic E-state index is -4.73. The summed E-state index contributed by atoms with van der Waals surface area (Å²) < 4.78 is 42.2. The van der Waals surface area contributed by atoms with Crippen molar-refractivity contribution in [3.8, 4) is 22.8 Å². The minimum absolute atomic E-state index is 0.296. The summed E-state index contributed by atoms with van der Waals surface area (Å²) in [6, 6.07) is 20.8. The zero-order valence-electron chi connectivity index (χ0n) is 16.9. The van der Waals surface area contributed by atoms with Crippen LogP contribution in [0.2, 0.25) is 0 Å². The molecule has 0 amide bonds. The lowest BCUT2D eigenvalue weighted by Crippen LogP contribution is -2.17. The summed E-state index contributed by atoms with van der Waals surface area (Å²) in [7, 11) is 0. The normalized spacial score (nSPS) is 11.6. The predicted molar refractivity (Wildman–Crippen MR) is 116 cm³/mol. The summed E-state index contributed by atoms with van der Waals surface area (Å²) >= 11 is 0. The van der Waals surface area contributed by atoms with Gasteiger partial charge in [0.15, 0.2) is 5.82 Å². The molecule has 0 fully saturated rings. The number of anilines is 1. The van der Waals surface area contributed by atoms with Gasteiger partial charge in [0.2, 0.25) is 0 Å². The van der Waals surface area contributed by atoms with E-state index in [1.165, 1.54) is 35.3 Å². The Balaban J connectivity index is 1.42. The van der Waals surface area contributed by atoms with Gasteiger partial charge in [0, 0.05) is 5.56 Å². The smallest absolute Gasteiger partial charge is 0.406 e. The molecule has 0 saturated heterocycles. The Hall–Kier alpha value is -4.14. The van der Waals surface area contributed by atoms with E-state index in [9.17, 15) is 13.2 Å². The van der Waals surface area contributed by atoms with Crippen LogP contribution in [0.4, 0.5) is 18.9 Å². The number of hydrogen-bond donors (Lipinski definition) is 1. The molecule has 0 radical (unpaired) electrons. The molecular weight excluding hydrogens is 419 g/mol. The Bertz CT molecular complexity index is 1220. The highest BCUT2D eigenvalue weighted by atomic mass is 19.4. The van der Waals surface area contributed by atoms with E-state index >= 15 is 0 Å². The molecule has 4 rings (SSSR count). The third kappa shape index (κ3) is 5.31. The summed E-state index contributed by atoms with van der Waals surface area (Å²) in [5.74, 6) is 0.192. The van der Waals surface area contributed by atoms with E-state index in [-0.39, 0.29) is 5.75 Å².